The van der Waals surface area contributed by atoms with Crippen LogP contribution in [-0.4, -0.2) is 49.9 Å². The zero-order valence-corrected chi connectivity index (χ0v) is 17.1. The number of carbonyl (C=O) groups excluding carboxylic acids is 1. The van der Waals surface area contributed by atoms with E-state index >= 15 is 0 Å². The van der Waals surface area contributed by atoms with Crippen molar-refractivity contribution < 1.29 is 27.6 Å². The molecule has 1 fully saturated rings. The highest BCUT2D eigenvalue weighted by Gasteiger charge is 2.26. The van der Waals surface area contributed by atoms with E-state index in [1.165, 1.54) is 22.5 Å². The van der Waals surface area contributed by atoms with Crippen LogP contribution in [0.4, 0.5) is 5.00 Å². The highest BCUT2D eigenvalue weighted by molar-refractivity contribution is 7.89. The van der Waals surface area contributed by atoms with Gasteiger partial charge in [0.1, 0.15) is 6.61 Å². The van der Waals surface area contributed by atoms with Crippen LogP contribution < -0.4 is 0 Å². The number of aryl methyl sites for hydroxylation is 1. The lowest BCUT2D eigenvalue weighted by Gasteiger charge is -2.26. The fourth-order valence-electron chi connectivity index (χ4n) is 2.78. The maximum absolute atomic E-state index is 12.6. The van der Waals surface area contributed by atoms with Crippen molar-refractivity contribution in [3.8, 4) is 0 Å². The van der Waals surface area contributed by atoms with Gasteiger partial charge >= 0.3 is 11.0 Å². The molecule has 0 N–H and O–H groups in total. The predicted molar refractivity (Wildman–Crippen MR) is 105 cm³/mol. The number of ether oxygens (including phenoxy) is 2. The van der Waals surface area contributed by atoms with Crippen molar-refractivity contribution in [3.63, 3.8) is 0 Å². The van der Waals surface area contributed by atoms with E-state index in [0.29, 0.717) is 38.3 Å². The van der Waals surface area contributed by atoms with Crippen LogP contribution in [0.15, 0.2) is 40.6 Å². The van der Waals surface area contributed by atoms with Gasteiger partial charge in [0.05, 0.1) is 23.0 Å². The molecule has 156 valence electrons. The van der Waals surface area contributed by atoms with Crippen molar-refractivity contribution >= 4 is 32.3 Å². The second-order valence-corrected chi connectivity index (χ2v) is 9.20. The molecule has 1 aliphatic heterocycles. The van der Waals surface area contributed by atoms with E-state index in [-0.39, 0.29) is 22.9 Å². The van der Waals surface area contributed by atoms with E-state index in [4.69, 9.17) is 9.47 Å². The summed E-state index contributed by atoms with van der Waals surface area (Å²) in [6.07, 6.45) is 0.530. The van der Waals surface area contributed by atoms with E-state index in [9.17, 15) is 23.3 Å². The van der Waals surface area contributed by atoms with Crippen LogP contribution in [0.25, 0.3) is 0 Å². The first kappa shape index (κ1) is 21.4. The first-order valence-corrected chi connectivity index (χ1v) is 11.2. The monoisotopic (exact) mass is 440 g/mol. The number of sulfonamides is 1. The number of thiophene rings is 1. The first-order chi connectivity index (χ1) is 13.9. The van der Waals surface area contributed by atoms with Gasteiger partial charge in [-0.1, -0.05) is 23.5 Å². The minimum Gasteiger partial charge on any atom is -0.461 e. The Bertz CT molecular complexity index is 964. The minimum absolute atomic E-state index is 0.00294. The smallest absolute Gasteiger partial charge is 0.324 e. The van der Waals surface area contributed by atoms with Crippen LogP contribution in [0.3, 0.4) is 0 Å². The highest BCUT2D eigenvalue weighted by Crippen LogP contribution is 2.23. The lowest BCUT2D eigenvalue weighted by Crippen LogP contribution is -2.40. The van der Waals surface area contributed by atoms with Gasteiger partial charge in [0.25, 0.3) is 0 Å². The van der Waals surface area contributed by atoms with Crippen LogP contribution in [0.2, 0.25) is 0 Å². The van der Waals surface area contributed by atoms with E-state index in [2.05, 4.69) is 0 Å². The summed E-state index contributed by atoms with van der Waals surface area (Å²) >= 11 is 0.983. The molecule has 3 rings (SSSR count). The standard InChI is InChI=1S/C18H20N2O7S2/c21-18(27-12-15-11-17(20(22)23)28-13-15)6-3-14-1-4-16(5-2-14)29(24,25)19-7-9-26-10-8-19/h1-2,4-5,11,13H,3,6-10,12H2. The number of rotatable bonds is 8. The number of carbonyl (C=O) groups is 1. The molecule has 0 aliphatic carbocycles. The third-order valence-corrected chi connectivity index (χ3v) is 7.21. The molecule has 0 unspecified atom stereocenters. The number of benzene rings is 1. The predicted octanol–water partition coefficient (Wildman–Crippen LogP) is 2.35. The van der Waals surface area contributed by atoms with Crippen molar-refractivity contribution in [3.05, 3.63) is 57.0 Å². The number of nitro groups is 1. The molecule has 0 bridgehead atoms. The van der Waals surface area contributed by atoms with E-state index in [1.807, 2.05) is 0 Å². The third kappa shape index (κ3) is 5.60. The van der Waals surface area contributed by atoms with Gasteiger partial charge in [-0.25, -0.2) is 8.42 Å². The number of hydrogen-bond donors (Lipinski definition) is 0. The van der Waals surface area contributed by atoms with E-state index < -0.39 is 20.9 Å². The van der Waals surface area contributed by atoms with Crippen LogP contribution in [0.1, 0.15) is 17.5 Å². The third-order valence-electron chi connectivity index (χ3n) is 4.37. The van der Waals surface area contributed by atoms with Gasteiger partial charge in [0.15, 0.2) is 0 Å². The Morgan fingerprint density at radius 3 is 2.52 bits per heavy atom. The van der Waals surface area contributed by atoms with E-state index in [0.717, 1.165) is 16.9 Å². The molecule has 9 nitrogen and oxygen atoms in total. The Morgan fingerprint density at radius 1 is 1.21 bits per heavy atom. The topological polar surface area (TPSA) is 116 Å². The number of esters is 1. The summed E-state index contributed by atoms with van der Waals surface area (Å²) in [4.78, 5) is 22.3. The van der Waals surface area contributed by atoms with Crippen molar-refractivity contribution in [2.75, 3.05) is 26.3 Å². The van der Waals surface area contributed by atoms with Crippen molar-refractivity contribution in [1.29, 1.82) is 0 Å². The Labute approximate surface area is 172 Å². The van der Waals surface area contributed by atoms with Crippen molar-refractivity contribution in [2.45, 2.75) is 24.3 Å². The fourth-order valence-corrected chi connectivity index (χ4v) is 4.90. The summed E-state index contributed by atoms with van der Waals surface area (Å²) < 4.78 is 36.9. The van der Waals surface area contributed by atoms with Gasteiger partial charge < -0.3 is 9.47 Å². The Kier molecular flexibility index (Phi) is 6.96. The van der Waals surface area contributed by atoms with Crippen LogP contribution in [0.5, 0.6) is 0 Å². The van der Waals surface area contributed by atoms with Gasteiger partial charge in [-0.05, 0) is 24.1 Å². The second-order valence-electron chi connectivity index (χ2n) is 6.37. The molecule has 0 atom stereocenters. The quantitative estimate of drug-likeness (QED) is 0.351. The Balaban J connectivity index is 1.49. The van der Waals surface area contributed by atoms with Crippen LogP contribution in [0, 0.1) is 10.1 Å². The number of hydrogen-bond acceptors (Lipinski definition) is 8. The summed E-state index contributed by atoms with van der Waals surface area (Å²) in [5.41, 5.74) is 1.39. The largest absolute Gasteiger partial charge is 0.461 e. The van der Waals surface area contributed by atoms with Crippen molar-refractivity contribution in [2.24, 2.45) is 0 Å². The molecule has 1 aromatic heterocycles. The van der Waals surface area contributed by atoms with Gasteiger partial charge in [-0.2, -0.15) is 4.31 Å². The number of morpholine rings is 1. The average molecular weight is 440 g/mol. The summed E-state index contributed by atoms with van der Waals surface area (Å²) in [6, 6.07) is 7.82. The lowest BCUT2D eigenvalue weighted by atomic mass is 10.1. The molecule has 1 aromatic carbocycles. The maximum Gasteiger partial charge on any atom is 0.324 e. The molecule has 1 saturated heterocycles. The molecular weight excluding hydrogens is 420 g/mol. The first-order valence-electron chi connectivity index (χ1n) is 8.90. The summed E-state index contributed by atoms with van der Waals surface area (Å²) in [6.45, 7) is 1.43. The molecule has 0 amide bonds. The molecule has 1 aliphatic rings. The summed E-state index contributed by atoms with van der Waals surface area (Å²) in [5.74, 6) is -0.427. The minimum atomic E-state index is -3.54. The van der Waals surface area contributed by atoms with Crippen LogP contribution >= 0.6 is 11.3 Å². The zero-order chi connectivity index (χ0) is 20.9. The molecule has 0 spiro atoms. The molecular formula is C18H20N2O7S2. The van der Waals surface area contributed by atoms with Gasteiger partial charge in [-0.15, -0.1) is 0 Å². The highest BCUT2D eigenvalue weighted by atomic mass is 32.2. The Morgan fingerprint density at radius 2 is 1.90 bits per heavy atom. The average Bonchev–Trinajstić information content (AvgIpc) is 3.21. The van der Waals surface area contributed by atoms with E-state index in [1.54, 1.807) is 17.5 Å². The molecule has 29 heavy (non-hydrogen) atoms. The molecule has 2 aromatic rings. The summed E-state index contributed by atoms with van der Waals surface area (Å²) in [5, 5.41) is 12.2. The normalized spacial score (nSPS) is 15.2. The molecule has 2 heterocycles. The van der Waals surface area contributed by atoms with Gasteiger partial charge in [-0.3, -0.25) is 14.9 Å². The lowest BCUT2D eigenvalue weighted by molar-refractivity contribution is -0.380. The van der Waals surface area contributed by atoms with Crippen molar-refractivity contribution in [1.82, 2.24) is 4.31 Å². The van der Waals surface area contributed by atoms with Gasteiger partial charge in [0, 0.05) is 36.5 Å². The van der Waals surface area contributed by atoms with Gasteiger partial charge in [0.2, 0.25) is 10.0 Å². The summed E-state index contributed by atoms with van der Waals surface area (Å²) in [7, 11) is -3.54. The van der Waals surface area contributed by atoms with Crippen LogP contribution in [-0.2, 0) is 37.3 Å². The fraction of sp³-hybridized carbons (Fsp3) is 0.389. The number of nitrogens with zero attached hydrogens (tertiary/aromatic N) is 2. The SMILES string of the molecule is O=C(CCc1ccc(S(=O)(=O)N2CCOCC2)cc1)OCc1csc([N+](=O)[O-])c1. The molecule has 0 radical (unpaired) electrons. The molecule has 0 saturated carbocycles. The second kappa shape index (κ2) is 9.44. The molecule has 11 heteroatoms. The maximum atomic E-state index is 12.6. The zero-order valence-electron chi connectivity index (χ0n) is 15.5. The Hall–Kier alpha value is -2.34.